The third-order valence-electron chi connectivity index (χ3n) is 1.46. The molecular formula is C8H11F3N2S. The molecule has 14 heavy (non-hydrogen) atoms. The molecule has 0 spiro atoms. The second-order valence-corrected chi connectivity index (χ2v) is 4.17. The molecule has 0 saturated carbocycles. The molecule has 0 bridgehead atoms. The molecule has 0 fully saturated rings. The normalized spacial score (nSPS) is 12.1. The zero-order chi connectivity index (χ0) is 10.8. The van der Waals surface area contributed by atoms with Gasteiger partial charge in [0, 0.05) is 11.9 Å². The maximum atomic E-state index is 12.1. The molecule has 0 radical (unpaired) electrons. The minimum absolute atomic E-state index is 0.325. The molecule has 0 atom stereocenters. The van der Waals surface area contributed by atoms with Crippen LogP contribution in [0.15, 0.2) is 5.38 Å². The first-order valence-corrected chi connectivity index (χ1v) is 5.04. The summed E-state index contributed by atoms with van der Waals surface area (Å²) >= 11 is 0.976. The maximum Gasteiger partial charge on any atom is 0.434 e. The van der Waals surface area contributed by atoms with Crippen LogP contribution in [0.4, 0.5) is 18.3 Å². The first-order valence-electron chi connectivity index (χ1n) is 4.16. The van der Waals surface area contributed by atoms with E-state index in [1.54, 1.807) is 0 Å². The quantitative estimate of drug-likeness (QED) is 0.852. The Morgan fingerprint density at radius 1 is 1.50 bits per heavy atom. The van der Waals surface area contributed by atoms with E-state index in [4.69, 9.17) is 0 Å². The summed E-state index contributed by atoms with van der Waals surface area (Å²) in [7, 11) is 0. The third-order valence-corrected chi connectivity index (χ3v) is 2.26. The van der Waals surface area contributed by atoms with Gasteiger partial charge in [-0.1, -0.05) is 13.8 Å². The summed E-state index contributed by atoms with van der Waals surface area (Å²) in [4.78, 5) is 3.44. The minimum Gasteiger partial charge on any atom is -0.361 e. The van der Waals surface area contributed by atoms with E-state index >= 15 is 0 Å². The molecule has 0 aliphatic rings. The van der Waals surface area contributed by atoms with E-state index < -0.39 is 11.9 Å². The van der Waals surface area contributed by atoms with Crippen LogP contribution in [0, 0.1) is 5.92 Å². The molecule has 0 amide bonds. The van der Waals surface area contributed by atoms with Crippen LogP contribution in [0.1, 0.15) is 19.5 Å². The Hall–Kier alpha value is -0.780. The topological polar surface area (TPSA) is 24.9 Å². The lowest BCUT2D eigenvalue weighted by atomic mass is 10.2. The largest absolute Gasteiger partial charge is 0.434 e. The number of halogens is 3. The van der Waals surface area contributed by atoms with Gasteiger partial charge in [0.25, 0.3) is 0 Å². The van der Waals surface area contributed by atoms with Gasteiger partial charge in [-0.25, -0.2) is 4.98 Å². The van der Waals surface area contributed by atoms with Crippen molar-refractivity contribution >= 4 is 16.5 Å². The fraction of sp³-hybridized carbons (Fsp3) is 0.625. The molecular weight excluding hydrogens is 213 g/mol. The van der Waals surface area contributed by atoms with E-state index in [1.165, 1.54) is 0 Å². The molecule has 2 nitrogen and oxygen atoms in total. The van der Waals surface area contributed by atoms with Gasteiger partial charge in [0.15, 0.2) is 10.8 Å². The van der Waals surface area contributed by atoms with Crippen LogP contribution < -0.4 is 5.32 Å². The van der Waals surface area contributed by atoms with Gasteiger partial charge in [0.1, 0.15) is 0 Å². The number of thiazole rings is 1. The summed E-state index contributed by atoms with van der Waals surface area (Å²) in [5.74, 6) is 0.383. The number of nitrogens with zero attached hydrogens (tertiary/aromatic N) is 1. The highest BCUT2D eigenvalue weighted by molar-refractivity contribution is 7.13. The van der Waals surface area contributed by atoms with Crippen molar-refractivity contribution in [1.82, 2.24) is 4.98 Å². The molecule has 0 unspecified atom stereocenters. The Kier molecular flexibility index (Phi) is 3.36. The van der Waals surface area contributed by atoms with Gasteiger partial charge < -0.3 is 5.32 Å². The van der Waals surface area contributed by atoms with Gasteiger partial charge in [-0.05, 0) is 5.92 Å². The average molecular weight is 224 g/mol. The zero-order valence-corrected chi connectivity index (χ0v) is 8.67. The minimum atomic E-state index is -4.34. The van der Waals surface area contributed by atoms with Gasteiger partial charge in [-0.15, -0.1) is 11.3 Å². The van der Waals surface area contributed by atoms with E-state index in [9.17, 15) is 13.2 Å². The second-order valence-electron chi connectivity index (χ2n) is 3.31. The molecule has 1 heterocycles. The van der Waals surface area contributed by atoms with E-state index in [2.05, 4.69) is 10.3 Å². The maximum absolute atomic E-state index is 12.1. The van der Waals surface area contributed by atoms with Crippen LogP contribution >= 0.6 is 11.3 Å². The van der Waals surface area contributed by atoms with Gasteiger partial charge in [-0.2, -0.15) is 13.2 Å². The highest BCUT2D eigenvalue weighted by Gasteiger charge is 2.33. The smallest absolute Gasteiger partial charge is 0.361 e. The molecule has 0 saturated heterocycles. The lowest BCUT2D eigenvalue weighted by molar-refractivity contribution is -0.140. The third kappa shape index (κ3) is 3.17. The van der Waals surface area contributed by atoms with Gasteiger partial charge in [0.2, 0.25) is 0 Å². The van der Waals surface area contributed by atoms with E-state index in [0.29, 0.717) is 17.6 Å². The Morgan fingerprint density at radius 2 is 2.14 bits per heavy atom. The summed E-state index contributed by atoms with van der Waals surface area (Å²) < 4.78 is 36.3. The highest BCUT2D eigenvalue weighted by Crippen LogP contribution is 2.31. The molecule has 80 valence electrons. The molecule has 1 aromatic rings. The Morgan fingerprint density at radius 3 is 2.57 bits per heavy atom. The summed E-state index contributed by atoms with van der Waals surface area (Å²) in [6, 6.07) is 0. The lowest BCUT2D eigenvalue weighted by Crippen LogP contribution is -2.09. The van der Waals surface area contributed by atoms with Crippen LogP contribution in [0.3, 0.4) is 0 Å². The van der Waals surface area contributed by atoms with Crippen LogP contribution in [0.5, 0.6) is 0 Å². The number of aromatic nitrogens is 1. The van der Waals surface area contributed by atoms with Crippen LogP contribution in [0.2, 0.25) is 0 Å². The summed E-state index contributed by atoms with van der Waals surface area (Å²) in [6.07, 6.45) is -4.34. The fourth-order valence-electron chi connectivity index (χ4n) is 0.777. The van der Waals surface area contributed by atoms with Gasteiger partial charge >= 0.3 is 6.18 Å². The lowest BCUT2D eigenvalue weighted by Gasteiger charge is -2.04. The zero-order valence-electron chi connectivity index (χ0n) is 7.85. The van der Waals surface area contributed by atoms with Crippen molar-refractivity contribution in [3.63, 3.8) is 0 Å². The van der Waals surface area contributed by atoms with E-state index in [0.717, 1.165) is 16.7 Å². The summed E-state index contributed by atoms with van der Waals surface area (Å²) in [5, 5.41) is 4.19. The van der Waals surface area contributed by atoms with Gasteiger partial charge in [0.05, 0.1) is 0 Å². The monoisotopic (exact) mass is 224 g/mol. The molecule has 0 aromatic carbocycles. The number of nitrogens with one attached hydrogen (secondary N) is 1. The number of alkyl halides is 3. The van der Waals surface area contributed by atoms with Crippen LogP contribution in [0.25, 0.3) is 0 Å². The number of rotatable bonds is 3. The molecule has 6 heteroatoms. The Balaban J connectivity index is 2.60. The number of hydrogen-bond donors (Lipinski definition) is 1. The summed E-state index contributed by atoms with van der Waals surface area (Å²) in [6.45, 7) is 4.58. The number of hydrogen-bond acceptors (Lipinski definition) is 3. The fourth-order valence-corrected chi connectivity index (χ4v) is 1.50. The standard InChI is InChI=1S/C8H11F3N2S/c1-5(2)3-12-7-13-6(4-14-7)8(9,10)11/h4-5H,3H2,1-2H3,(H,12,13). The van der Waals surface area contributed by atoms with Crippen molar-refractivity contribution < 1.29 is 13.2 Å². The second kappa shape index (κ2) is 4.16. The van der Waals surface area contributed by atoms with Crippen LogP contribution in [-0.2, 0) is 6.18 Å². The predicted molar refractivity (Wildman–Crippen MR) is 50.4 cm³/mol. The van der Waals surface area contributed by atoms with Crippen molar-refractivity contribution in [2.75, 3.05) is 11.9 Å². The van der Waals surface area contributed by atoms with Crippen molar-refractivity contribution in [2.24, 2.45) is 5.92 Å². The SMILES string of the molecule is CC(C)CNc1nc(C(F)(F)F)cs1. The molecule has 0 aliphatic carbocycles. The van der Waals surface area contributed by atoms with Crippen molar-refractivity contribution in [3.05, 3.63) is 11.1 Å². The average Bonchev–Trinajstić information content (AvgIpc) is 2.47. The Labute approximate surface area is 84.2 Å². The molecule has 0 aliphatic heterocycles. The predicted octanol–water partition coefficient (Wildman–Crippen LogP) is 3.23. The highest BCUT2D eigenvalue weighted by atomic mass is 32.1. The Bertz CT molecular complexity index is 293. The first kappa shape index (κ1) is 11.3. The molecule has 1 aromatic heterocycles. The van der Waals surface area contributed by atoms with Crippen molar-refractivity contribution in [3.8, 4) is 0 Å². The summed E-state index contributed by atoms with van der Waals surface area (Å²) in [5.41, 5.74) is -0.825. The van der Waals surface area contributed by atoms with Gasteiger partial charge in [-0.3, -0.25) is 0 Å². The van der Waals surface area contributed by atoms with E-state index in [1.807, 2.05) is 13.8 Å². The van der Waals surface area contributed by atoms with Crippen LogP contribution in [-0.4, -0.2) is 11.5 Å². The van der Waals surface area contributed by atoms with Crippen molar-refractivity contribution in [2.45, 2.75) is 20.0 Å². The first-order chi connectivity index (χ1) is 6.39. The molecule has 1 N–H and O–H groups in total. The van der Waals surface area contributed by atoms with Crippen molar-refractivity contribution in [1.29, 1.82) is 0 Å². The molecule has 1 rings (SSSR count). The number of anilines is 1. The van der Waals surface area contributed by atoms with E-state index in [-0.39, 0.29) is 0 Å².